The highest BCUT2D eigenvalue weighted by atomic mass is 16.5. The van der Waals surface area contributed by atoms with E-state index in [0.717, 1.165) is 11.1 Å². The van der Waals surface area contributed by atoms with E-state index in [-0.39, 0.29) is 37.2 Å². The number of carbonyl (C=O) groups is 5. The molecule has 0 aromatic heterocycles. The summed E-state index contributed by atoms with van der Waals surface area (Å²) in [4.78, 5) is 64.9. The Labute approximate surface area is 296 Å². The molecule has 12 heteroatoms. The number of esters is 1. The quantitative estimate of drug-likeness (QED) is 0.138. The Hall–Kier alpha value is -4.45. The van der Waals surface area contributed by atoms with Gasteiger partial charge in [0.25, 0.3) is 0 Å². The molecule has 2 rings (SSSR count). The second-order valence-corrected chi connectivity index (χ2v) is 13.9. The number of hydrogen-bond donors (Lipinski definition) is 5. The third-order valence-corrected chi connectivity index (χ3v) is 8.37. The van der Waals surface area contributed by atoms with Crippen molar-refractivity contribution in [2.24, 2.45) is 23.7 Å². The van der Waals surface area contributed by atoms with Crippen LogP contribution in [0.4, 0.5) is 4.79 Å². The van der Waals surface area contributed by atoms with Crippen molar-refractivity contribution in [2.45, 2.75) is 105 Å². The molecule has 2 aromatic carbocycles. The molecule has 4 unspecified atom stereocenters. The number of aliphatic hydroxyl groups is 1. The molecule has 0 aliphatic carbocycles. The number of methoxy groups -OCH3 is 1. The van der Waals surface area contributed by atoms with E-state index < -0.39 is 66.0 Å². The van der Waals surface area contributed by atoms with Gasteiger partial charge in [-0.25, -0.2) is 9.59 Å². The minimum absolute atomic E-state index is 0.0399. The van der Waals surface area contributed by atoms with Gasteiger partial charge in [-0.3, -0.25) is 14.4 Å². The highest BCUT2D eigenvalue weighted by Gasteiger charge is 2.35. The molecule has 6 atom stereocenters. The van der Waals surface area contributed by atoms with Crippen molar-refractivity contribution in [3.63, 3.8) is 0 Å². The lowest BCUT2D eigenvalue weighted by Gasteiger charge is -2.33. The molecule has 2 aromatic rings. The van der Waals surface area contributed by atoms with E-state index in [4.69, 9.17) is 9.47 Å². The molecule has 4 amide bonds. The summed E-state index contributed by atoms with van der Waals surface area (Å²) in [5, 5.41) is 22.8. The molecular formula is C38H56N4O8. The monoisotopic (exact) mass is 696 g/mol. The van der Waals surface area contributed by atoms with Gasteiger partial charge in [0.2, 0.25) is 17.7 Å². The van der Waals surface area contributed by atoms with Gasteiger partial charge in [-0.1, -0.05) is 102 Å². The Balaban J connectivity index is 2.21. The van der Waals surface area contributed by atoms with E-state index >= 15 is 0 Å². The molecule has 0 saturated carbocycles. The van der Waals surface area contributed by atoms with Crippen LogP contribution in [0.15, 0.2) is 60.7 Å². The topological polar surface area (TPSA) is 172 Å². The maximum Gasteiger partial charge on any atom is 0.408 e. The molecule has 0 fully saturated rings. The first kappa shape index (κ1) is 41.7. The van der Waals surface area contributed by atoms with E-state index in [9.17, 15) is 29.1 Å². The Morgan fingerprint density at radius 1 is 0.700 bits per heavy atom. The molecule has 0 saturated heterocycles. The molecule has 0 spiro atoms. The van der Waals surface area contributed by atoms with E-state index in [1.807, 2.05) is 74.5 Å². The number of carbonyl (C=O) groups excluding carboxylic acids is 5. The Morgan fingerprint density at radius 2 is 1.26 bits per heavy atom. The molecule has 0 aliphatic rings. The molecule has 276 valence electrons. The molecule has 0 aliphatic heterocycles. The fraction of sp³-hybridized carbons (Fsp3) is 0.553. The molecule has 0 bridgehead atoms. The molecule has 12 nitrogen and oxygen atoms in total. The number of ether oxygens (including phenoxy) is 2. The van der Waals surface area contributed by atoms with Crippen LogP contribution in [0.5, 0.6) is 0 Å². The second kappa shape index (κ2) is 20.9. The van der Waals surface area contributed by atoms with Crippen LogP contribution in [0.1, 0.15) is 72.4 Å². The number of hydrogen-bond acceptors (Lipinski definition) is 8. The van der Waals surface area contributed by atoms with Gasteiger partial charge in [0.05, 0.1) is 19.3 Å². The van der Waals surface area contributed by atoms with Gasteiger partial charge in [-0.2, -0.15) is 0 Å². The van der Waals surface area contributed by atoms with Crippen LogP contribution in [-0.2, 0) is 41.7 Å². The van der Waals surface area contributed by atoms with E-state index in [2.05, 4.69) is 21.3 Å². The third-order valence-electron chi connectivity index (χ3n) is 8.37. The number of nitrogens with one attached hydrogen (secondary N) is 4. The molecule has 0 heterocycles. The van der Waals surface area contributed by atoms with Crippen molar-refractivity contribution in [3.8, 4) is 0 Å². The summed E-state index contributed by atoms with van der Waals surface area (Å²) in [6.07, 6.45) is -1.34. The van der Waals surface area contributed by atoms with Crippen molar-refractivity contribution < 1.29 is 38.6 Å². The van der Waals surface area contributed by atoms with Crippen LogP contribution < -0.4 is 21.3 Å². The van der Waals surface area contributed by atoms with Crippen molar-refractivity contribution in [1.82, 2.24) is 21.3 Å². The van der Waals surface area contributed by atoms with Crippen LogP contribution in [0, 0.1) is 23.7 Å². The van der Waals surface area contributed by atoms with Crippen LogP contribution in [0.25, 0.3) is 0 Å². The highest BCUT2D eigenvalue weighted by molar-refractivity contribution is 5.91. The smallest absolute Gasteiger partial charge is 0.408 e. The summed E-state index contributed by atoms with van der Waals surface area (Å²) in [6.45, 7) is 12.6. The van der Waals surface area contributed by atoms with Gasteiger partial charge in [0, 0.05) is 6.42 Å². The number of rotatable bonds is 19. The van der Waals surface area contributed by atoms with Crippen molar-refractivity contribution >= 4 is 29.8 Å². The van der Waals surface area contributed by atoms with Crippen molar-refractivity contribution in [3.05, 3.63) is 71.8 Å². The first-order chi connectivity index (χ1) is 23.6. The SMILES string of the molecule is COC(=O)C(NC(=O)C(NC(=O)CC(CC(C)C)C(O)[C@H](Cc1ccccc1)NC(=O)[C@H](C)NC(=O)OCc1ccccc1)C(C)C)C(C)C. The van der Waals surface area contributed by atoms with Crippen LogP contribution in [0.3, 0.4) is 0 Å². The number of benzene rings is 2. The molecule has 5 N–H and O–H groups in total. The summed E-state index contributed by atoms with van der Waals surface area (Å²) in [6, 6.07) is 14.8. The number of amides is 4. The summed E-state index contributed by atoms with van der Waals surface area (Å²) in [5.74, 6) is -3.14. The molecule has 0 radical (unpaired) electrons. The second-order valence-electron chi connectivity index (χ2n) is 13.9. The normalized spacial score (nSPS) is 14.9. The first-order valence-electron chi connectivity index (χ1n) is 17.3. The zero-order chi connectivity index (χ0) is 37.4. The van der Waals surface area contributed by atoms with Crippen molar-refractivity contribution in [2.75, 3.05) is 7.11 Å². The van der Waals surface area contributed by atoms with Gasteiger partial charge in [-0.05, 0) is 54.6 Å². The minimum atomic E-state index is -1.17. The average Bonchev–Trinajstić information content (AvgIpc) is 3.07. The lowest BCUT2D eigenvalue weighted by molar-refractivity contribution is -0.146. The van der Waals surface area contributed by atoms with Crippen LogP contribution in [-0.4, -0.2) is 72.3 Å². The predicted octanol–water partition coefficient (Wildman–Crippen LogP) is 3.90. The Morgan fingerprint density at radius 3 is 1.78 bits per heavy atom. The zero-order valence-electron chi connectivity index (χ0n) is 30.6. The van der Waals surface area contributed by atoms with E-state index in [0.29, 0.717) is 6.42 Å². The highest BCUT2D eigenvalue weighted by Crippen LogP contribution is 2.24. The summed E-state index contributed by atoms with van der Waals surface area (Å²) >= 11 is 0. The third kappa shape index (κ3) is 14.2. The summed E-state index contributed by atoms with van der Waals surface area (Å²) < 4.78 is 10.1. The van der Waals surface area contributed by atoms with Gasteiger partial charge in [-0.15, -0.1) is 0 Å². The van der Waals surface area contributed by atoms with Crippen LogP contribution in [0.2, 0.25) is 0 Å². The zero-order valence-corrected chi connectivity index (χ0v) is 30.6. The van der Waals surface area contributed by atoms with Gasteiger partial charge in [0.15, 0.2) is 0 Å². The summed E-state index contributed by atoms with van der Waals surface area (Å²) in [7, 11) is 1.25. The van der Waals surface area contributed by atoms with Gasteiger partial charge in [0.1, 0.15) is 24.7 Å². The molecular weight excluding hydrogens is 640 g/mol. The standard InChI is InChI=1S/C38H56N4O8/c1-23(2)19-29(21-31(43)41-32(24(3)4)36(46)42-33(25(5)6)37(47)49-8)34(44)30(20-27-15-11-9-12-16-27)40-35(45)26(7)39-38(48)50-22-28-17-13-10-14-18-28/h9-18,23-26,29-30,32-34,44H,19-22H2,1-8H3,(H,39,48)(H,40,45)(H,41,43)(H,42,46)/t26-,29?,30-,32?,33?,34?/m0/s1. The maximum atomic E-state index is 13.5. The minimum Gasteiger partial charge on any atom is -0.467 e. The fourth-order valence-electron chi connectivity index (χ4n) is 5.59. The van der Waals surface area contributed by atoms with Gasteiger partial charge >= 0.3 is 12.1 Å². The van der Waals surface area contributed by atoms with Gasteiger partial charge < -0.3 is 35.8 Å². The molecule has 50 heavy (non-hydrogen) atoms. The average molecular weight is 697 g/mol. The maximum absolute atomic E-state index is 13.5. The van der Waals surface area contributed by atoms with E-state index in [1.54, 1.807) is 27.7 Å². The Bertz CT molecular complexity index is 1370. The predicted molar refractivity (Wildman–Crippen MR) is 190 cm³/mol. The Kier molecular flexibility index (Phi) is 17.5. The van der Waals surface area contributed by atoms with E-state index in [1.165, 1.54) is 14.0 Å². The lowest BCUT2D eigenvalue weighted by Crippen LogP contribution is -2.56. The number of aliphatic hydroxyl groups excluding tert-OH is 1. The summed E-state index contributed by atoms with van der Waals surface area (Å²) in [5.41, 5.74) is 1.65. The van der Waals surface area contributed by atoms with Crippen LogP contribution >= 0.6 is 0 Å². The van der Waals surface area contributed by atoms with Crippen molar-refractivity contribution in [1.29, 1.82) is 0 Å². The largest absolute Gasteiger partial charge is 0.467 e. The lowest BCUT2D eigenvalue weighted by atomic mass is 9.83. The first-order valence-corrected chi connectivity index (χ1v) is 17.3. The fourth-order valence-corrected chi connectivity index (χ4v) is 5.59. The number of alkyl carbamates (subject to hydrolysis) is 1.